The molecule has 8 heteroatoms. The van der Waals surface area contributed by atoms with Gasteiger partial charge in [0.25, 0.3) is 5.91 Å². The van der Waals surface area contributed by atoms with Gasteiger partial charge in [0.15, 0.2) is 9.84 Å². The lowest BCUT2D eigenvalue weighted by Crippen LogP contribution is -2.11. The Morgan fingerprint density at radius 3 is 2.69 bits per heavy atom. The van der Waals surface area contributed by atoms with Crippen LogP contribution in [0.5, 0.6) is 0 Å². The summed E-state index contributed by atoms with van der Waals surface area (Å²) >= 11 is 7.38. The summed E-state index contributed by atoms with van der Waals surface area (Å²) < 4.78 is 23.9. The van der Waals surface area contributed by atoms with E-state index in [9.17, 15) is 13.2 Å². The van der Waals surface area contributed by atoms with E-state index in [0.29, 0.717) is 20.6 Å². The van der Waals surface area contributed by atoms with E-state index < -0.39 is 9.84 Å². The third kappa shape index (κ3) is 3.95. The molecule has 134 valence electrons. The number of hydrogen-bond acceptors (Lipinski definition) is 5. The largest absolute Gasteiger partial charge is 0.321 e. The Hall–Kier alpha value is -2.22. The molecule has 5 nitrogen and oxygen atoms in total. The van der Waals surface area contributed by atoms with Crippen LogP contribution in [0.2, 0.25) is 5.02 Å². The van der Waals surface area contributed by atoms with Crippen LogP contribution in [0.4, 0.5) is 5.69 Å². The molecule has 0 aliphatic heterocycles. The number of benzene rings is 2. The monoisotopic (exact) mass is 406 g/mol. The highest BCUT2D eigenvalue weighted by atomic mass is 35.5. The van der Waals surface area contributed by atoms with Gasteiger partial charge in [-0.1, -0.05) is 42.8 Å². The van der Waals surface area contributed by atoms with Crippen molar-refractivity contribution in [2.24, 2.45) is 0 Å². The fourth-order valence-corrected chi connectivity index (χ4v) is 4.32. The van der Waals surface area contributed by atoms with E-state index in [1.807, 2.05) is 18.2 Å². The van der Waals surface area contributed by atoms with E-state index in [0.717, 1.165) is 5.56 Å². The minimum absolute atomic E-state index is 0.000436. The number of thiazole rings is 1. The third-order valence-corrected chi connectivity index (χ3v) is 6.76. The number of rotatable bonds is 5. The molecule has 3 aromatic rings. The molecule has 1 aromatic heterocycles. The van der Waals surface area contributed by atoms with Gasteiger partial charge in [-0.25, -0.2) is 13.4 Å². The summed E-state index contributed by atoms with van der Waals surface area (Å²) in [6.07, 6.45) is 1.48. The zero-order valence-corrected chi connectivity index (χ0v) is 16.2. The third-order valence-electron chi connectivity index (χ3n) is 3.66. The van der Waals surface area contributed by atoms with Crippen LogP contribution >= 0.6 is 22.9 Å². The highest BCUT2D eigenvalue weighted by Crippen LogP contribution is 2.31. The molecule has 0 saturated heterocycles. The normalized spacial score (nSPS) is 11.3. The number of halogens is 1. The van der Waals surface area contributed by atoms with Crippen LogP contribution in [0.25, 0.3) is 10.6 Å². The minimum Gasteiger partial charge on any atom is -0.321 e. The SMILES string of the molecule is CCS(=O)(=O)c1cccc(NC(=O)c2cnc(-c3ccccc3Cl)s2)c1. The van der Waals surface area contributed by atoms with E-state index in [-0.39, 0.29) is 16.6 Å². The molecule has 1 amide bonds. The summed E-state index contributed by atoms with van der Waals surface area (Å²) in [4.78, 5) is 17.3. The van der Waals surface area contributed by atoms with Crippen molar-refractivity contribution in [3.63, 3.8) is 0 Å². The van der Waals surface area contributed by atoms with Crippen molar-refractivity contribution in [1.29, 1.82) is 0 Å². The zero-order valence-electron chi connectivity index (χ0n) is 13.8. The van der Waals surface area contributed by atoms with Crippen molar-refractivity contribution < 1.29 is 13.2 Å². The van der Waals surface area contributed by atoms with Gasteiger partial charge in [-0.3, -0.25) is 4.79 Å². The Balaban J connectivity index is 1.82. The predicted octanol–water partition coefficient (Wildman–Crippen LogP) is 4.51. The Bertz CT molecular complexity index is 1060. The van der Waals surface area contributed by atoms with Gasteiger partial charge in [0.05, 0.1) is 21.9 Å². The van der Waals surface area contributed by atoms with E-state index in [1.54, 1.807) is 25.1 Å². The molecule has 0 aliphatic carbocycles. The number of anilines is 1. The quantitative estimate of drug-likeness (QED) is 0.676. The molecule has 0 spiro atoms. The van der Waals surface area contributed by atoms with Gasteiger partial charge in [0.2, 0.25) is 0 Å². The predicted molar refractivity (Wildman–Crippen MR) is 105 cm³/mol. The van der Waals surface area contributed by atoms with Crippen LogP contribution < -0.4 is 5.32 Å². The molecule has 3 rings (SSSR count). The smallest absolute Gasteiger partial charge is 0.267 e. The lowest BCUT2D eigenvalue weighted by atomic mass is 10.2. The lowest BCUT2D eigenvalue weighted by molar-refractivity contribution is 0.103. The molecule has 1 N–H and O–H groups in total. The maximum Gasteiger partial charge on any atom is 0.267 e. The second-order valence-corrected chi connectivity index (χ2v) is 9.11. The summed E-state index contributed by atoms with van der Waals surface area (Å²) in [6, 6.07) is 13.5. The summed E-state index contributed by atoms with van der Waals surface area (Å²) in [5.74, 6) is -0.354. The molecule has 2 aromatic carbocycles. The molecule has 0 radical (unpaired) electrons. The Morgan fingerprint density at radius 2 is 1.96 bits per heavy atom. The van der Waals surface area contributed by atoms with E-state index in [2.05, 4.69) is 10.3 Å². The molecule has 1 heterocycles. The van der Waals surface area contributed by atoms with Gasteiger partial charge in [0, 0.05) is 11.3 Å². The van der Waals surface area contributed by atoms with E-state index >= 15 is 0 Å². The number of carbonyl (C=O) groups excluding carboxylic acids is 1. The first-order chi connectivity index (χ1) is 12.4. The van der Waals surface area contributed by atoms with E-state index in [4.69, 9.17) is 11.6 Å². The van der Waals surface area contributed by atoms with Crippen molar-refractivity contribution in [3.05, 3.63) is 64.6 Å². The van der Waals surface area contributed by atoms with Crippen molar-refractivity contribution in [3.8, 4) is 10.6 Å². The second-order valence-electron chi connectivity index (χ2n) is 5.39. The summed E-state index contributed by atoms with van der Waals surface area (Å²) in [5.41, 5.74) is 1.17. The lowest BCUT2D eigenvalue weighted by Gasteiger charge is -2.06. The number of sulfone groups is 1. The average molecular weight is 407 g/mol. The Morgan fingerprint density at radius 1 is 1.19 bits per heavy atom. The topological polar surface area (TPSA) is 76.1 Å². The van der Waals surface area contributed by atoms with Gasteiger partial charge < -0.3 is 5.32 Å². The van der Waals surface area contributed by atoms with Crippen LogP contribution in [0, 0.1) is 0 Å². The first kappa shape index (κ1) is 18.6. The number of carbonyl (C=O) groups is 1. The molecule has 0 atom stereocenters. The van der Waals surface area contributed by atoms with Crippen LogP contribution in [-0.4, -0.2) is 25.1 Å². The molecular weight excluding hydrogens is 392 g/mol. The Labute approximate surface area is 160 Å². The van der Waals surface area contributed by atoms with E-state index in [1.165, 1.54) is 29.7 Å². The molecule has 0 bridgehead atoms. The van der Waals surface area contributed by atoms with Crippen LogP contribution in [-0.2, 0) is 9.84 Å². The van der Waals surface area contributed by atoms with Gasteiger partial charge in [-0.15, -0.1) is 11.3 Å². The van der Waals surface area contributed by atoms with Crippen molar-refractivity contribution in [2.75, 3.05) is 11.1 Å². The number of amides is 1. The summed E-state index contributed by atoms with van der Waals surface area (Å²) in [7, 11) is -3.33. The van der Waals surface area contributed by atoms with Crippen LogP contribution in [0.3, 0.4) is 0 Å². The standard InChI is InChI=1S/C18H15ClN2O3S2/c1-2-26(23,24)13-7-5-6-12(10-13)21-17(22)16-11-20-18(25-16)14-8-3-4-9-15(14)19/h3-11H,2H2,1H3,(H,21,22). The minimum atomic E-state index is -3.33. The van der Waals surface area contributed by atoms with Crippen molar-refractivity contribution >= 4 is 44.4 Å². The fourth-order valence-electron chi connectivity index (χ4n) is 2.26. The zero-order chi connectivity index (χ0) is 18.7. The average Bonchev–Trinajstić information content (AvgIpc) is 3.12. The fraction of sp³-hybridized carbons (Fsp3) is 0.111. The first-order valence-corrected chi connectivity index (χ1v) is 10.6. The number of hydrogen-bond donors (Lipinski definition) is 1. The number of aromatic nitrogens is 1. The number of nitrogens with one attached hydrogen (secondary N) is 1. The Kier molecular flexibility index (Phi) is 5.41. The molecule has 26 heavy (non-hydrogen) atoms. The van der Waals surface area contributed by atoms with Crippen molar-refractivity contribution in [2.45, 2.75) is 11.8 Å². The summed E-state index contributed by atoms with van der Waals surface area (Å²) in [6.45, 7) is 1.58. The first-order valence-electron chi connectivity index (χ1n) is 7.75. The van der Waals surface area contributed by atoms with Gasteiger partial charge >= 0.3 is 0 Å². The highest BCUT2D eigenvalue weighted by molar-refractivity contribution is 7.91. The van der Waals surface area contributed by atoms with Gasteiger partial charge in [-0.2, -0.15) is 0 Å². The maximum atomic E-state index is 12.5. The van der Waals surface area contributed by atoms with Crippen molar-refractivity contribution in [1.82, 2.24) is 4.98 Å². The molecule has 0 unspecified atom stereocenters. The van der Waals surface area contributed by atoms with Gasteiger partial charge in [0.1, 0.15) is 9.88 Å². The van der Waals surface area contributed by atoms with Gasteiger partial charge in [-0.05, 0) is 24.3 Å². The summed E-state index contributed by atoms with van der Waals surface area (Å²) in [5, 5.41) is 3.91. The second kappa shape index (κ2) is 7.57. The highest BCUT2D eigenvalue weighted by Gasteiger charge is 2.15. The molecule has 0 aliphatic rings. The van der Waals surface area contributed by atoms with Crippen LogP contribution in [0.1, 0.15) is 16.6 Å². The van der Waals surface area contributed by atoms with Crippen LogP contribution in [0.15, 0.2) is 59.6 Å². The maximum absolute atomic E-state index is 12.5. The molecule has 0 fully saturated rings. The molecule has 0 saturated carbocycles. The molecular formula is C18H15ClN2O3S2. The number of nitrogens with zero attached hydrogens (tertiary/aromatic N) is 1.